The quantitative estimate of drug-likeness (QED) is 0.0876. The number of carbonyl (C=O) groups is 1. The van der Waals surface area contributed by atoms with Crippen LogP contribution in [-0.4, -0.2) is 47.5 Å². The Morgan fingerprint density at radius 2 is 1.36 bits per heavy atom. The highest BCUT2D eigenvalue weighted by atomic mass is 16.5. The van der Waals surface area contributed by atoms with E-state index in [0.29, 0.717) is 30.2 Å². The Hall–Kier alpha value is -4.17. The normalized spacial score (nSPS) is 11.8. The molecule has 0 aliphatic carbocycles. The van der Waals surface area contributed by atoms with Gasteiger partial charge in [0, 0.05) is 26.3 Å². The number of carboxylic acid groups (broad SMARTS) is 1. The van der Waals surface area contributed by atoms with Crippen LogP contribution in [0.25, 0.3) is 0 Å². The Morgan fingerprint density at radius 1 is 0.733 bits per heavy atom. The van der Waals surface area contributed by atoms with E-state index in [1.165, 1.54) is 11.1 Å². The molecule has 0 heterocycles. The van der Waals surface area contributed by atoms with Gasteiger partial charge in [0.15, 0.2) is 0 Å². The molecule has 7 heteroatoms. The van der Waals surface area contributed by atoms with E-state index in [4.69, 9.17) is 9.47 Å². The lowest BCUT2D eigenvalue weighted by atomic mass is 10.1. The highest BCUT2D eigenvalue weighted by molar-refractivity contribution is 5.85. The number of amides is 1. The number of ether oxygens (including phenoxy) is 2. The third kappa shape index (κ3) is 12.8. The molecule has 0 fully saturated rings. The SMILES string of the molecule is O=C(O)Nc1cc(C(O)CN(CCCCCCOCCCc2ccccc2)Cc2ccccc2)ccc1OCc1ccccc1. The molecule has 238 valence electrons. The van der Waals surface area contributed by atoms with Crippen molar-refractivity contribution in [1.82, 2.24) is 4.90 Å². The minimum atomic E-state index is -1.19. The summed E-state index contributed by atoms with van der Waals surface area (Å²) in [6.45, 7) is 3.89. The molecule has 1 unspecified atom stereocenters. The topological polar surface area (TPSA) is 91.3 Å². The van der Waals surface area contributed by atoms with Gasteiger partial charge in [-0.1, -0.05) is 110 Å². The number of aryl methyl sites for hydroxylation is 1. The number of hydrogen-bond acceptors (Lipinski definition) is 5. The fourth-order valence-electron chi connectivity index (χ4n) is 5.27. The van der Waals surface area contributed by atoms with Crippen molar-refractivity contribution in [3.63, 3.8) is 0 Å². The Labute approximate surface area is 267 Å². The second-order valence-electron chi connectivity index (χ2n) is 11.3. The molecule has 0 saturated heterocycles. The van der Waals surface area contributed by atoms with Crippen LogP contribution in [0.5, 0.6) is 5.75 Å². The number of rotatable bonds is 20. The van der Waals surface area contributed by atoms with Gasteiger partial charge >= 0.3 is 6.09 Å². The summed E-state index contributed by atoms with van der Waals surface area (Å²) in [6, 6.07) is 35.7. The average Bonchev–Trinajstić information content (AvgIpc) is 3.06. The molecule has 0 radical (unpaired) electrons. The molecule has 1 amide bonds. The largest absolute Gasteiger partial charge is 0.487 e. The fraction of sp³-hybridized carbons (Fsp3) is 0.342. The minimum absolute atomic E-state index is 0.308. The Morgan fingerprint density at radius 3 is 2.04 bits per heavy atom. The molecule has 0 saturated carbocycles. The van der Waals surface area contributed by atoms with Gasteiger partial charge in [-0.05, 0) is 66.6 Å². The summed E-state index contributed by atoms with van der Waals surface area (Å²) < 4.78 is 11.8. The van der Waals surface area contributed by atoms with E-state index in [1.54, 1.807) is 18.2 Å². The van der Waals surface area contributed by atoms with Gasteiger partial charge in [-0.15, -0.1) is 0 Å². The molecule has 0 spiro atoms. The molecular weight excluding hydrogens is 564 g/mol. The molecule has 45 heavy (non-hydrogen) atoms. The molecule has 4 rings (SSSR count). The molecule has 4 aromatic carbocycles. The fourth-order valence-corrected chi connectivity index (χ4v) is 5.27. The van der Waals surface area contributed by atoms with Crippen molar-refractivity contribution in [3.05, 3.63) is 131 Å². The van der Waals surface area contributed by atoms with Gasteiger partial charge < -0.3 is 19.7 Å². The number of aliphatic hydroxyl groups is 1. The van der Waals surface area contributed by atoms with Crippen molar-refractivity contribution in [2.45, 2.75) is 57.8 Å². The average molecular weight is 611 g/mol. The minimum Gasteiger partial charge on any atom is -0.487 e. The first-order valence-corrected chi connectivity index (χ1v) is 15.9. The van der Waals surface area contributed by atoms with E-state index in [0.717, 1.165) is 70.4 Å². The van der Waals surface area contributed by atoms with Crippen LogP contribution in [0.15, 0.2) is 109 Å². The van der Waals surface area contributed by atoms with Gasteiger partial charge in [0.05, 0.1) is 11.8 Å². The summed E-state index contributed by atoms with van der Waals surface area (Å²) in [5.74, 6) is 0.415. The van der Waals surface area contributed by atoms with Crippen LogP contribution in [0, 0.1) is 0 Å². The maximum absolute atomic E-state index is 11.5. The zero-order valence-electron chi connectivity index (χ0n) is 26.0. The van der Waals surface area contributed by atoms with Crippen molar-refractivity contribution in [2.24, 2.45) is 0 Å². The first kappa shape index (κ1) is 33.7. The van der Waals surface area contributed by atoms with Gasteiger partial charge in [-0.25, -0.2) is 4.79 Å². The Kier molecular flexibility index (Phi) is 14.4. The van der Waals surface area contributed by atoms with Gasteiger partial charge in [0.2, 0.25) is 0 Å². The third-order valence-electron chi connectivity index (χ3n) is 7.66. The third-order valence-corrected chi connectivity index (χ3v) is 7.66. The van der Waals surface area contributed by atoms with Crippen molar-refractivity contribution in [1.29, 1.82) is 0 Å². The van der Waals surface area contributed by atoms with E-state index in [9.17, 15) is 15.0 Å². The molecule has 0 aliphatic heterocycles. The number of hydrogen-bond donors (Lipinski definition) is 3. The van der Waals surface area contributed by atoms with E-state index >= 15 is 0 Å². The van der Waals surface area contributed by atoms with Crippen LogP contribution >= 0.6 is 0 Å². The standard InChI is InChI=1S/C38H46N2O5/c41-36(34-22-23-37(35(27-34)39-38(42)43)45-30-33-19-10-5-11-20-33)29-40(28-32-17-8-4-9-18-32)24-12-1-2-13-25-44-26-14-21-31-15-6-3-7-16-31/h3-11,15-20,22-23,27,36,39,41H,1-2,12-14,21,24-26,28-30H2,(H,42,43). The lowest BCUT2D eigenvalue weighted by Crippen LogP contribution is -2.29. The van der Waals surface area contributed by atoms with E-state index in [2.05, 4.69) is 46.6 Å². The molecule has 7 nitrogen and oxygen atoms in total. The van der Waals surface area contributed by atoms with Gasteiger partial charge in [-0.3, -0.25) is 10.2 Å². The van der Waals surface area contributed by atoms with Gasteiger partial charge in [-0.2, -0.15) is 0 Å². The molecule has 4 aromatic rings. The van der Waals surface area contributed by atoms with Crippen LogP contribution in [0.4, 0.5) is 10.5 Å². The summed E-state index contributed by atoms with van der Waals surface area (Å²) in [5, 5.41) is 23.1. The lowest BCUT2D eigenvalue weighted by Gasteiger charge is -2.26. The molecular formula is C38H46N2O5. The van der Waals surface area contributed by atoms with Crippen LogP contribution in [0.2, 0.25) is 0 Å². The van der Waals surface area contributed by atoms with Crippen molar-refractivity contribution in [3.8, 4) is 5.75 Å². The highest BCUT2D eigenvalue weighted by Gasteiger charge is 2.17. The molecule has 0 bridgehead atoms. The maximum Gasteiger partial charge on any atom is 0.409 e. The number of anilines is 1. The van der Waals surface area contributed by atoms with Gasteiger partial charge in [0.1, 0.15) is 12.4 Å². The highest BCUT2D eigenvalue weighted by Crippen LogP contribution is 2.30. The van der Waals surface area contributed by atoms with Gasteiger partial charge in [0.25, 0.3) is 0 Å². The second-order valence-corrected chi connectivity index (χ2v) is 11.3. The monoisotopic (exact) mass is 610 g/mol. The summed E-state index contributed by atoms with van der Waals surface area (Å²) in [4.78, 5) is 13.8. The Bertz CT molecular complexity index is 1390. The number of nitrogens with one attached hydrogen (secondary N) is 1. The number of unbranched alkanes of at least 4 members (excludes halogenated alkanes) is 3. The zero-order valence-corrected chi connectivity index (χ0v) is 26.0. The number of aliphatic hydroxyl groups excluding tert-OH is 1. The zero-order chi connectivity index (χ0) is 31.5. The van der Waals surface area contributed by atoms with Crippen LogP contribution in [-0.2, 0) is 24.3 Å². The second kappa shape index (κ2) is 19.3. The summed E-state index contributed by atoms with van der Waals surface area (Å²) in [6.07, 6.45) is 4.37. The van der Waals surface area contributed by atoms with Crippen LogP contribution in [0.3, 0.4) is 0 Å². The molecule has 3 N–H and O–H groups in total. The summed E-state index contributed by atoms with van der Waals surface area (Å²) >= 11 is 0. The Balaban J connectivity index is 1.25. The van der Waals surface area contributed by atoms with Crippen molar-refractivity contribution in [2.75, 3.05) is 31.6 Å². The summed E-state index contributed by atoms with van der Waals surface area (Å²) in [5.41, 5.74) is 4.46. The molecule has 0 aliphatic rings. The molecule has 0 aromatic heterocycles. The first-order valence-electron chi connectivity index (χ1n) is 15.9. The predicted octanol–water partition coefficient (Wildman–Crippen LogP) is 8.10. The molecule has 1 atom stereocenters. The van der Waals surface area contributed by atoms with E-state index in [1.807, 2.05) is 54.6 Å². The number of benzene rings is 4. The van der Waals surface area contributed by atoms with Crippen LogP contribution in [0.1, 0.15) is 60.5 Å². The van der Waals surface area contributed by atoms with Crippen LogP contribution < -0.4 is 10.1 Å². The van der Waals surface area contributed by atoms with Crippen molar-refractivity contribution >= 4 is 11.8 Å². The summed E-state index contributed by atoms with van der Waals surface area (Å²) in [7, 11) is 0. The van der Waals surface area contributed by atoms with E-state index in [-0.39, 0.29) is 0 Å². The number of nitrogens with zero attached hydrogens (tertiary/aromatic N) is 1. The lowest BCUT2D eigenvalue weighted by molar-refractivity contribution is 0.107. The van der Waals surface area contributed by atoms with Crippen molar-refractivity contribution < 1.29 is 24.5 Å². The smallest absolute Gasteiger partial charge is 0.409 e. The van der Waals surface area contributed by atoms with E-state index < -0.39 is 12.2 Å². The maximum atomic E-state index is 11.5. The predicted molar refractivity (Wildman–Crippen MR) is 180 cm³/mol. The first-order chi connectivity index (χ1) is 22.1.